The van der Waals surface area contributed by atoms with Gasteiger partial charge in [-0.05, 0) is 36.8 Å². The van der Waals surface area contributed by atoms with Crippen LogP contribution in [0.2, 0.25) is 0 Å². The Bertz CT molecular complexity index is 857. The van der Waals surface area contributed by atoms with Crippen molar-refractivity contribution in [3.8, 4) is 5.69 Å². The Morgan fingerprint density at radius 2 is 1.70 bits per heavy atom. The van der Waals surface area contributed by atoms with Gasteiger partial charge >= 0.3 is 0 Å². The van der Waals surface area contributed by atoms with Crippen molar-refractivity contribution in [2.24, 2.45) is 0 Å². The molecule has 102 valence electrons. The highest BCUT2D eigenvalue weighted by atomic mass is 32.1. The zero-order valence-electron chi connectivity index (χ0n) is 10.4. The molecule has 6 heteroatoms. The number of nitrogens with one attached hydrogen (secondary N) is 1. The number of hydrogen-bond acceptors (Lipinski definition) is 1. The number of aryl methyl sites for hydroxylation is 1. The van der Waals surface area contributed by atoms with Crippen LogP contribution in [0.15, 0.2) is 30.3 Å². The van der Waals surface area contributed by atoms with Crippen molar-refractivity contribution in [1.29, 1.82) is 0 Å². The van der Waals surface area contributed by atoms with E-state index in [0.717, 1.165) is 23.2 Å². The Kier molecular flexibility index (Phi) is 2.90. The molecule has 2 nitrogen and oxygen atoms in total. The Hall–Kier alpha value is -2.08. The molecule has 0 aliphatic rings. The Balaban J connectivity index is 2.37. The van der Waals surface area contributed by atoms with Gasteiger partial charge in [-0.2, -0.15) is 0 Å². The van der Waals surface area contributed by atoms with E-state index in [1.54, 1.807) is 0 Å². The van der Waals surface area contributed by atoms with Gasteiger partial charge in [0.05, 0.1) is 16.7 Å². The first kappa shape index (κ1) is 12.9. The number of hydrogen-bond donors (Lipinski definition) is 1. The fourth-order valence-corrected chi connectivity index (χ4v) is 2.45. The maximum Gasteiger partial charge on any atom is 0.194 e. The molecule has 3 rings (SSSR count). The van der Waals surface area contributed by atoms with Gasteiger partial charge in [0.25, 0.3) is 0 Å². The smallest absolute Gasteiger partial charge is 0.194 e. The van der Waals surface area contributed by atoms with Gasteiger partial charge < -0.3 is 4.98 Å². The maximum atomic E-state index is 13.4. The lowest BCUT2D eigenvalue weighted by atomic mass is 10.2. The van der Waals surface area contributed by atoms with Crippen molar-refractivity contribution >= 4 is 23.3 Å². The van der Waals surface area contributed by atoms with Crippen LogP contribution in [0.1, 0.15) is 5.56 Å². The minimum Gasteiger partial charge on any atom is -0.330 e. The van der Waals surface area contributed by atoms with Crippen LogP contribution in [0, 0.1) is 29.1 Å². The minimum atomic E-state index is -1.49. The second kappa shape index (κ2) is 4.49. The largest absolute Gasteiger partial charge is 0.330 e. The van der Waals surface area contributed by atoms with Crippen LogP contribution >= 0.6 is 12.2 Å². The molecule has 0 spiro atoms. The molecule has 0 aliphatic carbocycles. The SMILES string of the molecule is Cc1ccc2[nH]c(=S)n(-c3cc(F)c(F)c(F)c3)c2c1. The first-order valence-corrected chi connectivity index (χ1v) is 6.24. The van der Waals surface area contributed by atoms with Crippen LogP contribution in [0.3, 0.4) is 0 Å². The lowest BCUT2D eigenvalue weighted by Gasteiger charge is -2.06. The summed E-state index contributed by atoms with van der Waals surface area (Å²) in [6.45, 7) is 1.89. The summed E-state index contributed by atoms with van der Waals surface area (Å²) in [6.07, 6.45) is 0. The zero-order chi connectivity index (χ0) is 14.4. The average molecular weight is 294 g/mol. The lowest BCUT2D eigenvalue weighted by Crippen LogP contribution is -1.99. The van der Waals surface area contributed by atoms with Gasteiger partial charge in [-0.25, -0.2) is 13.2 Å². The predicted molar refractivity (Wildman–Crippen MR) is 73.1 cm³/mol. The van der Waals surface area contributed by atoms with Crippen molar-refractivity contribution in [3.05, 3.63) is 58.1 Å². The van der Waals surface area contributed by atoms with Gasteiger partial charge in [-0.1, -0.05) is 6.07 Å². The number of imidazole rings is 1. The van der Waals surface area contributed by atoms with Crippen LogP contribution in [-0.2, 0) is 0 Å². The number of aromatic amines is 1. The molecule has 1 N–H and O–H groups in total. The molecule has 0 fully saturated rings. The Labute approximate surface area is 117 Å². The third-order valence-electron chi connectivity index (χ3n) is 3.07. The van der Waals surface area contributed by atoms with E-state index in [9.17, 15) is 13.2 Å². The summed E-state index contributed by atoms with van der Waals surface area (Å²) < 4.78 is 41.5. The number of fused-ring (bicyclic) bond motifs is 1. The fourth-order valence-electron chi connectivity index (χ4n) is 2.14. The quantitative estimate of drug-likeness (QED) is 0.520. The number of aromatic nitrogens is 2. The van der Waals surface area contributed by atoms with Gasteiger partial charge in [-0.3, -0.25) is 4.57 Å². The van der Waals surface area contributed by atoms with Crippen molar-refractivity contribution < 1.29 is 13.2 Å². The topological polar surface area (TPSA) is 20.7 Å². The summed E-state index contributed by atoms with van der Waals surface area (Å²) in [5.41, 5.74) is 2.54. The average Bonchev–Trinajstić information content (AvgIpc) is 2.70. The third-order valence-corrected chi connectivity index (χ3v) is 3.35. The molecule has 1 aromatic heterocycles. The molecule has 0 bridgehead atoms. The van der Waals surface area contributed by atoms with E-state index in [0.29, 0.717) is 5.52 Å². The molecule has 0 atom stereocenters. The van der Waals surface area contributed by atoms with Gasteiger partial charge in [-0.15, -0.1) is 0 Å². The number of halogens is 3. The minimum absolute atomic E-state index is 0.142. The fraction of sp³-hybridized carbons (Fsp3) is 0.0714. The number of benzene rings is 2. The number of H-pyrrole nitrogens is 1. The van der Waals surface area contributed by atoms with Crippen molar-refractivity contribution in [2.45, 2.75) is 6.92 Å². The van der Waals surface area contributed by atoms with Crippen LogP contribution in [0.25, 0.3) is 16.7 Å². The van der Waals surface area contributed by atoms with Crippen molar-refractivity contribution in [1.82, 2.24) is 9.55 Å². The second-order valence-corrected chi connectivity index (χ2v) is 4.90. The van der Waals surface area contributed by atoms with Gasteiger partial charge in [0.15, 0.2) is 22.2 Å². The molecule has 0 radical (unpaired) electrons. The lowest BCUT2D eigenvalue weighted by molar-refractivity contribution is 0.446. The molecule has 20 heavy (non-hydrogen) atoms. The molecule has 1 heterocycles. The van der Waals surface area contributed by atoms with Crippen molar-refractivity contribution in [2.75, 3.05) is 0 Å². The molecule has 0 unspecified atom stereocenters. The van der Waals surface area contributed by atoms with Crippen LogP contribution < -0.4 is 0 Å². The maximum absolute atomic E-state index is 13.4. The third kappa shape index (κ3) is 1.92. The molecular weight excluding hydrogens is 285 g/mol. The summed E-state index contributed by atoms with van der Waals surface area (Å²) in [5.74, 6) is -3.98. The molecular formula is C14H9F3N2S. The van der Waals surface area contributed by atoms with Crippen LogP contribution in [-0.4, -0.2) is 9.55 Å². The summed E-state index contributed by atoms with van der Waals surface area (Å²) >= 11 is 5.17. The highest BCUT2D eigenvalue weighted by Gasteiger charge is 2.14. The first-order valence-electron chi connectivity index (χ1n) is 5.83. The highest BCUT2D eigenvalue weighted by Crippen LogP contribution is 2.23. The van der Waals surface area contributed by atoms with Gasteiger partial charge in [0, 0.05) is 12.1 Å². The van der Waals surface area contributed by atoms with E-state index in [1.165, 1.54) is 4.57 Å². The van der Waals surface area contributed by atoms with E-state index in [1.807, 2.05) is 25.1 Å². The standard InChI is InChI=1S/C14H9F3N2S/c1-7-2-3-11-12(4-7)19(14(20)18-11)8-5-9(15)13(17)10(16)6-8/h2-6H,1H3,(H,18,20). The van der Waals surface area contributed by atoms with E-state index >= 15 is 0 Å². The summed E-state index contributed by atoms with van der Waals surface area (Å²) in [5, 5.41) is 0. The second-order valence-electron chi connectivity index (χ2n) is 4.51. The highest BCUT2D eigenvalue weighted by molar-refractivity contribution is 7.71. The van der Waals surface area contributed by atoms with E-state index < -0.39 is 17.5 Å². The molecule has 0 saturated carbocycles. The molecule has 0 amide bonds. The summed E-state index contributed by atoms with van der Waals surface area (Å²) in [6, 6.07) is 7.39. The Morgan fingerprint density at radius 3 is 2.35 bits per heavy atom. The normalized spacial score (nSPS) is 11.2. The van der Waals surface area contributed by atoms with Crippen LogP contribution in [0.5, 0.6) is 0 Å². The van der Waals surface area contributed by atoms with E-state index in [4.69, 9.17) is 12.2 Å². The number of rotatable bonds is 1. The molecule has 0 saturated heterocycles. The number of nitrogens with zero attached hydrogens (tertiary/aromatic N) is 1. The summed E-state index contributed by atoms with van der Waals surface area (Å²) in [4.78, 5) is 2.95. The molecule has 2 aromatic carbocycles. The molecule has 3 aromatic rings. The van der Waals surface area contributed by atoms with Gasteiger partial charge in [0.1, 0.15) is 0 Å². The first-order chi connectivity index (χ1) is 9.47. The molecule has 0 aliphatic heterocycles. The zero-order valence-corrected chi connectivity index (χ0v) is 11.2. The summed E-state index contributed by atoms with van der Waals surface area (Å²) in [7, 11) is 0. The van der Waals surface area contributed by atoms with Gasteiger partial charge in [0.2, 0.25) is 0 Å². The van der Waals surface area contributed by atoms with E-state index in [2.05, 4.69) is 4.98 Å². The predicted octanol–water partition coefficient (Wildman–Crippen LogP) is 4.41. The van der Waals surface area contributed by atoms with E-state index in [-0.39, 0.29) is 10.5 Å². The monoisotopic (exact) mass is 294 g/mol. The Morgan fingerprint density at radius 1 is 1.05 bits per heavy atom. The van der Waals surface area contributed by atoms with Crippen molar-refractivity contribution in [3.63, 3.8) is 0 Å². The van der Waals surface area contributed by atoms with Crippen LogP contribution in [0.4, 0.5) is 13.2 Å².